The minimum absolute atomic E-state index is 0.358. The van der Waals surface area contributed by atoms with Crippen LogP contribution < -0.4 is 5.73 Å². The first-order valence-electron chi connectivity index (χ1n) is 3.65. The monoisotopic (exact) mass is 153 g/mol. The molecule has 2 rings (SSSR count). The van der Waals surface area contributed by atoms with Crippen LogP contribution in [0.2, 0.25) is 0 Å². The molecule has 1 heterocycles. The lowest BCUT2D eigenvalue weighted by Gasteiger charge is -2.09. The van der Waals surface area contributed by atoms with Gasteiger partial charge < -0.3 is 5.73 Å². The van der Waals surface area contributed by atoms with Gasteiger partial charge in [-0.15, -0.1) is 11.8 Å². The van der Waals surface area contributed by atoms with E-state index in [1.54, 1.807) is 0 Å². The van der Waals surface area contributed by atoms with Crippen LogP contribution >= 0.6 is 11.8 Å². The lowest BCUT2D eigenvalue weighted by molar-refractivity contribution is 0.600. The zero-order valence-corrected chi connectivity index (χ0v) is 6.60. The summed E-state index contributed by atoms with van der Waals surface area (Å²) in [6, 6.07) is 0. The molecule has 0 saturated carbocycles. The van der Waals surface area contributed by atoms with Crippen LogP contribution in [0.15, 0.2) is 23.1 Å². The average Bonchev–Trinajstić information content (AvgIpc) is 2.27. The summed E-state index contributed by atoms with van der Waals surface area (Å²) < 4.78 is 0. The Morgan fingerprint density at radius 3 is 3.30 bits per heavy atom. The van der Waals surface area contributed by atoms with Gasteiger partial charge in [0.05, 0.1) is 5.37 Å². The summed E-state index contributed by atoms with van der Waals surface area (Å²) in [6.07, 6.45) is 8.93. The second-order valence-electron chi connectivity index (χ2n) is 2.82. The van der Waals surface area contributed by atoms with Gasteiger partial charge in [0, 0.05) is 0 Å². The molecule has 1 aliphatic heterocycles. The molecule has 0 amide bonds. The summed E-state index contributed by atoms with van der Waals surface area (Å²) in [5.74, 6) is 0.755. The van der Waals surface area contributed by atoms with Gasteiger partial charge in [0.25, 0.3) is 0 Å². The number of hydrogen-bond acceptors (Lipinski definition) is 2. The molecule has 1 aliphatic carbocycles. The Bertz CT molecular complexity index is 195. The molecule has 2 N–H and O–H groups in total. The van der Waals surface area contributed by atoms with E-state index in [-0.39, 0.29) is 0 Å². The topological polar surface area (TPSA) is 26.0 Å². The molecule has 2 heteroatoms. The van der Waals surface area contributed by atoms with E-state index < -0.39 is 0 Å². The van der Waals surface area contributed by atoms with Crippen LogP contribution in [0.4, 0.5) is 0 Å². The highest BCUT2D eigenvalue weighted by Gasteiger charge is 2.27. The molecule has 54 valence electrons. The predicted octanol–water partition coefficient (Wildman–Crippen LogP) is 1.87. The van der Waals surface area contributed by atoms with Crippen LogP contribution in [0, 0.1) is 5.92 Å². The van der Waals surface area contributed by atoms with Gasteiger partial charge in [-0.25, -0.2) is 0 Å². The van der Waals surface area contributed by atoms with Crippen LogP contribution in [0.25, 0.3) is 0 Å². The lowest BCUT2D eigenvalue weighted by Crippen LogP contribution is -2.11. The number of rotatable bonds is 0. The summed E-state index contributed by atoms with van der Waals surface area (Å²) in [7, 11) is 0. The van der Waals surface area contributed by atoms with E-state index in [0.29, 0.717) is 5.37 Å². The number of hydrogen-bond donors (Lipinski definition) is 1. The second kappa shape index (κ2) is 2.44. The Morgan fingerprint density at radius 1 is 1.60 bits per heavy atom. The molecule has 1 saturated heterocycles. The molecule has 0 aromatic carbocycles. The molecule has 0 radical (unpaired) electrons. The zero-order chi connectivity index (χ0) is 6.97. The van der Waals surface area contributed by atoms with Crippen LogP contribution in [-0.4, -0.2) is 5.37 Å². The van der Waals surface area contributed by atoms with Gasteiger partial charge >= 0.3 is 0 Å². The highest BCUT2D eigenvalue weighted by Crippen LogP contribution is 2.42. The van der Waals surface area contributed by atoms with Crippen molar-refractivity contribution in [3.63, 3.8) is 0 Å². The van der Waals surface area contributed by atoms with Gasteiger partial charge in [-0.05, 0) is 23.7 Å². The van der Waals surface area contributed by atoms with Crippen molar-refractivity contribution in [3.8, 4) is 0 Å². The predicted molar refractivity (Wildman–Crippen MR) is 45.5 cm³/mol. The average molecular weight is 153 g/mol. The molecule has 2 unspecified atom stereocenters. The first-order chi connectivity index (χ1) is 4.86. The molecule has 2 atom stereocenters. The largest absolute Gasteiger partial charge is 0.319 e. The van der Waals surface area contributed by atoms with Crippen molar-refractivity contribution < 1.29 is 0 Å². The number of thioether (sulfide) groups is 1. The molecule has 2 aliphatic rings. The van der Waals surface area contributed by atoms with Gasteiger partial charge in [-0.2, -0.15) is 0 Å². The summed E-state index contributed by atoms with van der Waals surface area (Å²) in [6.45, 7) is 0. The number of allylic oxidation sites excluding steroid dienone is 4. The van der Waals surface area contributed by atoms with E-state index in [0.717, 1.165) is 5.92 Å². The first kappa shape index (κ1) is 6.50. The normalized spacial score (nSPS) is 37.5. The minimum atomic E-state index is 0.358. The highest BCUT2D eigenvalue weighted by molar-refractivity contribution is 8.03. The molecule has 1 nitrogen and oxygen atoms in total. The summed E-state index contributed by atoms with van der Waals surface area (Å²) in [5, 5.41) is 0.358. The smallest absolute Gasteiger partial charge is 0.0557 e. The van der Waals surface area contributed by atoms with Crippen LogP contribution in [0.1, 0.15) is 12.8 Å². The maximum absolute atomic E-state index is 5.79. The third-order valence-electron chi connectivity index (χ3n) is 2.02. The van der Waals surface area contributed by atoms with E-state index in [9.17, 15) is 0 Å². The van der Waals surface area contributed by atoms with Crippen molar-refractivity contribution in [1.29, 1.82) is 0 Å². The van der Waals surface area contributed by atoms with E-state index in [4.69, 9.17) is 5.73 Å². The Kier molecular flexibility index (Phi) is 1.58. The standard InChI is InChI=1S/C8H11NS/c9-8-5-6-3-1-2-4-7(6)10-8/h1-2,4,6,8H,3,5,9H2. The van der Waals surface area contributed by atoms with Crippen molar-refractivity contribution in [2.75, 3.05) is 0 Å². The molecular weight excluding hydrogens is 142 g/mol. The Balaban J connectivity index is 2.18. The van der Waals surface area contributed by atoms with Gasteiger partial charge in [0.2, 0.25) is 0 Å². The Labute approximate surface area is 65.4 Å². The molecule has 0 bridgehead atoms. The van der Waals surface area contributed by atoms with Crippen LogP contribution in [-0.2, 0) is 0 Å². The van der Waals surface area contributed by atoms with E-state index in [2.05, 4.69) is 18.2 Å². The summed E-state index contributed by atoms with van der Waals surface area (Å²) >= 11 is 1.84. The Morgan fingerprint density at radius 2 is 2.50 bits per heavy atom. The quantitative estimate of drug-likeness (QED) is 0.575. The molecule has 0 aromatic rings. The minimum Gasteiger partial charge on any atom is -0.319 e. The maximum Gasteiger partial charge on any atom is 0.0557 e. The van der Waals surface area contributed by atoms with Gasteiger partial charge in [-0.1, -0.05) is 18.2 Å². The lowest BCUT2D eigenvalue weighted by atomic mass is 9.98. The van der Waals surface area contributed by atoms with Crippen molar-refractivity contribution in [3.05, 3.63) is 23.1 Å². The zero-order valence-electron chi connectivity index (χ0n) is 5.79. The number of nitrogens with two attached hydrogens (primary N) is 1. The highest BCUT2D eigenvalue weighted by atomic mass is 32.2. The van der Waals surface area contributed by atoms with Crippen molar-refractivity contribution in [1.82, 2.24) is 0 Å². The fraction of sp³-hybridized carbons (Fsp3) is 0.500. The fourth-order valence-electron chi connectivity index (χ4n) is 1.51. The van der Waals surface area contributed by atoms with Crippen LogP contribution in [0.3, 0.4) is 0 Å². The molecular formula is C8H11NS. The van der Waals surface area contributed by atoms with E-state index in [1.165, 1.54) is 17.7 Å². The molecule has 0 spiro atoms. The Hall–Kier alpha value is -0.210. The van der Waals surface area contributed by atoms with Crippen molar-refractivity contribution in [2.45, 2.75) is 18.2 Å². The van der Waals surface area contributed by atoms with Gasteiger partial charge in [0.1, 0.15) is 0 Å². The summed E-state index contributed by atoms with van der Waals surface area (Å²) in [4.78, 5) is 1.50. The fourth-order valence-corrected chi connectivity index (χ4v) is 2.73. The number of fused-ring (bicyclic) bond motifs is 1. The van der Waals surface area contributed by atoms with E-state index >= 15 is 0 Å². The molecule has 1 fully saturated rings. The molecule has 10 heavy (non-hydrogen) atoms. The van der Waals surface area contributed by atoms with Gasteiger partial charge in [0.15, 0.2) is 0 Å². The SMILES string of the molecule is NC1CC2CC=CC=C2S1. The van der Waals surface area contributed by atoms with Gasteiger partial charge in [-0.3, -0.25) is 0 Å². The third kappa shape index (κ3) is 1.02. The molecule has 0 aromatic heterocycles. The summed E-state index contributed by atoms with van der Waals surface area (Å²) in [5.41, 5.74) is 5.79. The maximum atomic E-state index is 5.79. The third-order valence-corrected chi connectivity index (χ3v) is 3.26. The van der Waals surface area contributed by atoms with Crippen LogP contribution in [0.5, 0.6) is 0 Å². The van der Waals surface area contributed by atoms with E-state index in [1.807, 2.05) is 11.8 Å². The first-order valence-corrected chi connectivity index (χ1v) is 4.53. The van der Waals surface area contributed by atoms with Crippen molar-refractivity contribution in [2.24, 2.45) is 11.7 Å². The second-order valence-corrected chi connectivity index (χ2v) is 4.13. The van der Waals surface area contributed by atoms with Crippen molar-refractivity contribution >= 4 is 11.8 Å².